The number of aryl methyl sites for hydroxylation is 1. The van der Waals surface area contributed by atoms with Gasteiger partial charge in [-0.2, -0.15) is 0 Å². The molecular weight excluding hydrogens is 504 g/mol. The third kappa shape index (κ3) is 6.03. The zero-order chi connectivity index (χ0) is 24.9. The number of rotatable bonds is 7. The van der Waals surface area contributed by atoms with Gasteiger partial charge in [-0.15, -0.1) is 0 Å². The van der Waals surface area contributed by atoms with Crippen molar-refractivity contribution in [2.45, 2.75) is 6.92 Å². The highest BCUT2D eigenvalue weighted by Gasteiger charge is 2.33. The first kappa shape index (κ1) is 24.8. The molecule has 1 aliphatic rings. The number of amides is 2. The lowest BCUT2D eigenvalue weighted by atomic mass is 10.2. The average molecular weight is 525 g/mol. The van der Waals surface area contributed by atoms with Gasteiger partial charge in [0.1, 0.15) is 0 Å². The zero-order valence-electron chi connectivity index (χ0n) is 18.9. The number of thiocarbonyl (C=S) groups is 1. The summed E-state index contributed by atoms with van der Waals surface area (Å²) >= 11 is 12.6. The van der Waals surface area contributed by atoms with E-state index in [1.807, 2.05) is 31.2 Å². The predicted molar refractivity (Wildman–Crippen MR) is 145 cm³/mol. The van der Waals surface area contributed by atoms with Gasteiger partial charge in [0.15, 0.2) is 22.4 Å². The summed E-state index contributed by atoms with van der Waals surface area (Å²) in [6.07, 6.45) is 1.74. The summed E-state index contributed by atoms with van der Waals surface area (Å²) in [4.78, 5) is 27.2. The van der Waals surface area contributed by atoms with E-state index in [1.54, 1.807) is 48.5 Å². The van der Waals surface area contributed by atoms with Crippen LogP contribution in [0.1, 0.15) is 11.1 Å². The number of hydrogen-bond acceptors (Lipinski definition) is 6. The summed E-state index contributed by atoms with van der Waals surface area (Å²) in [5, 5.41) is 3.38. The van der Waals surface area contributed by atoms with Crippen molar-refractivity contribution in [2.24, 2.45) is 0 Å². The number of carbonyl (C=O) groups is 2. The highest BCUT2D eigenvalue weighted by Crippen LogP contribution is 2.37. The van der Waals surface area contributed by atoms with E-state index in [4.69, 9.17) is 33.3 Å². The standard InChI is InChI=1S/C26H21ClN2O4S2/c1-16-4-3-5-19(12-16)28-24(30)15-33-21-11-6-17(13-22(21)32-2)14-23-25(31)29(26(34)35-23)20-9-7-18(27)8-10-20/h3-14H,15H2,1-2H3,(H,28,30)/b23-14-. The molecule has 1 N–H and O–H groups in total. The van der Waals surface area contributed by atoms with Crippen LogP contribution in [0.3, 0.4) is 0 Å². The van der Waals surface area contributed by atoms with E-state index in [2.05, 4.69) is 5.32 Å². The Labute approximate surface area is 217 Å². The second-order valence-corrected chi connectivity index (χ2v) is 9.72. The van der Waals surface area contributed by atoms with Crippen LogP contribution in [0, 0.1) is 6.92 Å². The molecule has 35 heavy (non-hydrogen) atoms. The maximum Gasteiger partial charge on any atom is 0.270 e. The molecule has 0 atom stereocenters. The summed E-state index contributed by atoms with van der Waals surface area (Å²) in [6.45, 7) is 1.78. The van der Waals surface area contributed by atoms with E-state index in [0.717, 1.165) is 11.1 Å². The fourth-order valence-electron chi connectivity index (χ4n) is 3.39. The number of anilines is 2. The Morgan fingerprint density at radius 1 is 1.11 bits per heavy atom. The molecule has 0 aliphatic carbocycles. The minimum atomic E-state index is -0.285. The monoisotopic (exact) mass is 524 g/mol. The SMILES string of the molecule is COc1cc(/C=C2\SC(=S)N(c3ccc(Cl)cc3)C2=O)ccc1OCC(=O)Nc1cccc(C)c1. The van der Waals surface area contributed by atoms with Crippen molar-refractivity contribution in [2.75, 3.05) is 23.9 Å². The Balaban J connectivity index is 1.45. The molecule has 1 saturated heterocycles. The number of ether oxygens (including phenoxy) is 2. The topological polar surface area (TPSA) is 67.9 Å². The van der Waals surface area contributed by atoms with Gasteiger partial charge in [0, 0.05) is 10.7 Å². The molecule has 0 unspecified atom stereocenters. The van der Waals surface area contributed by atoms with E-state index in [9.17, 15) is 9.59 Å². The first-order valence-corrected chi connectivity index (χ1v) is 12.1. The van der Waals surface area contributed by atoms with Crippen LogP contribution in [-0.4, -0.2) is 29.9 Å². The number of benzene rings is 3. The van der Waals surface area contributed by atoms with E-state index in [0.29, 0.717) is 37.1 Å². The smallest absolute Gasteiger partial charge is 0.270 e. The van der Waals surface area contributed by atoms with Crippen molar-refractivity contribution in [1.82, 2.24) is 0 Å². The molecule has 1 heterocycles. The Morgan fingerprint density at radius 2 is 1.89 bits per heavy atom. The predicted octanol–water partition coefficient (Wildman–Crippen LogP) is 6.08. The Hall–Kier alpha value is -3.33. The molecular formula is C26H21ClN2O4S2. The van der Waals surface area contributed by atoms with Crippen LogP contribution < -0.4 is 19.7 Å². The lowest BCUT2D eigenvalue weighted by molar-refractivity contribution is -0.118. The minimum Gasteiger partial charge on any atom is -0.493 e. The Morgan fingerprint density at radius 3 is 2.60 bits per heavy atom. The molecule has 0 spiro atoms. The quantitative estimate of drug-likeness (QED) is 0.298. The summed E-state index contributed by atoms with van der Waals surface area (Å²) in [7, 11) is 1.51. The highest BCUT2D eigenvalue weighted by molar-refractivity contribution is 8.27. The van der Waals surface area contributed by atoms with Gasteiger partial charge in [0.25, 0.3) is 11.8 Å². The second kappa shape index (κ2) is 10.9. The summed E-state index contributed by atoms with van der Waals surface area (Å²) < 4.78 is 11.6. The van der Waals surface area contributed by atoms with Gasteiger partial charge in [-0.3, -0.25) is 14.5 Å². The van der Waals surface area contributed by atoms with Crippen LogP contribution in [0.25, 0.3) is 6.08 Å². The van der Waals surface area contributed by atoms with E-state index >= 15 is 0 Å². The molecule has 2 amide bonds. The number of hydrogen-bond donors (Lipinski definition) is 1. The molecule has 0 aromatic heterocycles. The lowest BCUT2D eigenvalue weighted by Gasteiger charge is -2.14. The van der Waals surface area contributed by atoms with Crippen molar-refractivity contribution in [3.05, 3.63) is 87.8 Å². The fraction of sp³-hybridized carbons (Fsp3) is 0.115. The first-order chi connectivity index (χ1) is 16.8. The molecule has 0 saturated carbocycles. The lowest BCUT2D eigenvalue weighted by Crippen LogP contribution is -2.27. The summed E-state index contributed by atoms with van der Waals surface area (Å²) in [6, 6.07) is 19.7. The van der Waals surface area contributed by atoms with Crippen LogP contribution in [0.15, 0.2) is 71.6 Å². The van der Waals surface area contributed by atoms with Crippen molar-refractivity contribution >= 4 is 69.2 Å². The van der Waals surface area contributed by atoms with Gasteiger partial charge < -0.3 is 14.8 Å². The molecule has 6 nitrogen and oxygen atoms in total. The van der Waals surface area contributed by atoms with Crippen molar-refractivity contribution < 1.29 is 19.1 Å². The van der Waals surface area contributed by atoms with Crippen LogP contribution >= 0.6 is 35.6 Å². The van der Waals surface area contributed by atoms with Crippen LogP contribution in [-0.2, 0) is 9.59 Å². The van der Waals surface area contributed by atoms with Crippen LogP contribution in [0.5, 0.6) is 11.5 Å². The third-order valence-corrected chi connectivity index (χ3v) is 6.58. The maximum absolute atomic E-state index is 13.0. The van der Waals surface area contributed by atoms with Gasteiger partial charge >= 0.3 is 0 Å². The van der Waals surface area contributed by atoms with Crippen molar-refractivity contribution in [3.8, 4) is 11.5 Å². The van der Waals surface area contributed by atoms with E-state index in [-0.39, 0.29) is 18.4 Å². The average Bonchev–Trinajstić information content (AvgIpc) is 3.11. The van der Waals surface area contributed by atoms with Gasteiger partial charge in [-0.25, -0.2) is 0 Å². The van der Waals surface area contributed by atoms with E-state index in [1.165, 1.54) is 23.8 Å². The zero-order valence-corrected chi connectivity index (χ0v) is 21.3. The number of nitrogens with zero attached hydrogens (tertiary/aromatic N) is 1. The molecule has 4 rings (SSSR count). The second-order valence-electron chi connectivity index (χ2n) is 7.61. The number of nitrogens with one attached hydrogen (secondary N) is 1. The largest absolute Gasteiger partial charge is 0.493 e. The van der Waals surface area contributed by atoms with Gasteiger partial charge in [0.05, 0.1) is 17.7 Å². The van der Waals surface area contributed by atoms with Crippen LogP contribution in [0.2, 0.25) is 5.02 Å². The summed E-state index contributed by atoms with van der Waals surface area (Å²) in [5.41, 5.74) is 3.14. The first-order valence-electron chi connectivity index (χ1n) is 10.5. The van der Waals surface area contributed by atoms with Crippen molar-refractivity contribution in [1.29, 1.82) is 0 Å². The van der Waals surface area contributed by atoms with Crippen molar-refractivity contribution in [3.63, 3.8) is 0 Å². The molecule has 1 aliphatic heterocycles. The number of halogens is 1. The number of carbonyl (C=O) groups excluding carboxylic acids is 2. The highest BCUT2D eigenvalue weighted by atomic mass is 35.5. The molecule has 0 radical (unpaired) electrons. The Bertz CT molecular complexity index is 1330. The molecule has 178 valence electrons. The molecule has 1 fully saturated rings. The molecule has 3 aromatic carbocycles. The molecule has 9 heteroatoms. The third-order valence-electron chi connectivity index (χ3n) is 5.02. The summed E-state index contributed by atoms with van der Waals surface area (Å²) in [5.74, 6) is 0.357. The number of thioether (sulfide) groups is 1. The minimum absolute atomic E-state index is 0.177. The number of methoxy groups -OCH3 is 1. The van der Waals surface area contributed by atoms with Gasteiger partial charge in [-0.05, 0) is 72.7 Å². The van der Waals surface area contributed by atoms with Gasteiger partial charge in [-0.1, -0.05) is 53.8 Å². The Kier molecular flexibility index (Phi) is 7.75. The van der Waals surface area contributed by atoms with E-state index < -0.39 is 0 Å². The fourth-order valence-corrected chi connectivity index (χ4v) is 4.81. The molecule has 0 bridgehead atoms. The molecule has 3 aromatic rings. The normalized spacial score (nSPS) is 14.4. The van der Waals surface area contributed by atoms with Crippen LogP contribution in [0.4, 0.5) is 11.4 Å². The van der Waals surface area contributed by atoms with Gasteiger partial charge in [0.2, 0.25) is 0 Å². The maximum atomic E-state index is 13.0.